The van der Waals surface area contributed by atoms with Gasteiger partial charge in [0, 0.05) is 18.7 Å². The van der Waals surface area contributed by atoms with Crippen molar-refractivity contribution in [2.75, 3.05) is 18.4 Å². The number of nitrogens with one attached hydrogen (secondary N) is 1. The summed E-state index contributed by atoms with van der Waals surface area (Å²) in [7, 11) is 0. The average molecular weight is 322 g/mol. The second kappa shape index (κ2) is 7.77. The number of hydrogen-bond donors (Lipinski definition) is 1. The van der Waals surface area contributed by atoms with E-state index in [4.69, 9.17) is 0 Å². The molecule has 0 aliphatic carbocycles. The number of carbonyl (C=O) groups is 2. The first-order chi connectivity index (χ1) is 11.7. The van der Waals surface area contributed by atoms with E-state index >= 15 is 0 Å². The van der Waals surface area contributed by atoms with Crippen molar-refractivity contribution in [1.29, 1.82) is 0 Å². The maximum atomic E-state index is 12.3. The van der Waals surface area contributed by atoms with Crippen LogP contribution < -0.4 is 5.32 Å². The lowest BCUT2D eigenvalue weighted by Crippen LogP contribution is -2.40. The number of rotatable bonds is 5. The number of nitrogens with zero attached hydrogens (tertiary/aromatic N) is 1. The Kier molecular flexibility index (Phi) is 5.26. The number of hydrogen-bond acceptors (Lipinski definition) is 2. The van der Waals surface area contributed by atoms with Crippen LogP contribution in [0.4, 0.5) is 5.69 Å². The number of amides is 2. The van der Waals surface area contributed by atoms with Gasteiger partial charge in [-0.2, -0.15) is 0 Å². The zero-order chi connectivity index (χ0) is 16.8. The number of carbonyl (C=O) groups excluding carboxylic acids is 2. The molecule has 4 nitrogen and oxygen atoms in total. The minimum absolute atomic E-state index is 0.0778. The summed E-state index contributed by atoms with van der Waals surface area (Å²) in [6, 6.07) is 18.0. The zero-order valence-electron chi connectivity index (χ0n) is 13.7. The molecule has 0 aromatic heterocycles. The molecule has 3 rings (SSSR count). The minimum Gasteiger partial charge on any atom is -0.333 e. The van der Waals surface area contributed by atoms with Crippen LogP contribution in [0.5, 0.6) is 0 Å². The molecule has 1 fully saturated rings. The van der Waals surface area contributed by atoms with Crippen molar-refractivity contribution in [3.8, 4) is 0 Å². The predicted molar refractivity (Wildman–Crippen MR) is 94.8 cm³/mol. The summed E-state index contributed by atoms with van der Waals surface area (Å²) < 4.78 is 0. The van der Waals surface area contributed by atoms with Gasteiger partial charge in [0.15, 0.2) is 0 Å². The van der Waals surface area contributed by atoms with Crippen LogP contribution in [0.2, 0.25) is 0 Å². The Morgan fingerprint density at radius 2 is 1.75 bits per heavy atom. The summed E-state index contributed by atoms with van der Waals surface area (Å²) in [6.07, 6.45) is 3.22. The van der Waals surface area contributed by atoms with E-state index in [0.717, 1.165) is 30.5 Å². The van der Waals surface area contributed by atoms with E-state index in [2.05, 4.69) is 17.4 Å². The van der Waals surface area contributed by atoms with Crippen LogP contribution in [0.25, 0.3) is 0 Å². The van der Waals surface area contributed by atoms with Crippen molar-refractivity contribution in [3.05, 3.63) is 65.7 Å². The molecular formula is C20H22N2O2. The van der Waals surface area contributed by atoms with E-state index in [1.807, 2.05) is 42.5 Å². The van der Waals surface area contributed by atoms with Crippen LogP contribution in [0.15, 0.2) is 54.6 Å². The van der Waals surface area contributed by atoms with Crippen molar-refractivity contribution in [1.82, 2.24) is 4.90 Å². The quantitative estimate of drug-likeness (QED) is 0.919. The molecule has 124 valence electrons. The third-order valence-electron chi connectivity index (χ3n) is 4.28. The number of para-hydroxylation sites is 1. The van der Waals surface area contributed by atoms with Gasteiger partial charge in [-0.3, -0.25) is 9.59 Å². The van der Waals surface area contributed by atoms with Gasteiger partial charge in [-0.05, 0) is 36.5 Å². The molecule has 24 heavy (non-hydrogen) atoms. The molecule has 0 spiro atoms. The molecule has 1 heterocycles. The van der Waals surface area contributed by atoms with Crippen molar-refractivity contribution in [3.63, 3.8) is 0 Å². The minimum atomic E-state index is -0.134. The van der Waals surface area contributed by atoms with Crippen LogP contribution in [-0.2, 0) is 16.0 Å². The summed E-state index contributed by atoms with van der Waals surface area (Å²) >= 11 is 0. The van der Waals surface area contributed by atoms with Crippen molar-refractivity contribution in [2.24, 2.45) is 0 Å². The molecule has 0 saturated carbocycles. The molecule has 2 aromatic rings. The molecule has 2 amide bonds. The lowest BCUT2D eigenvalue weighted by Gasteiger charge is -2.26. The number of piperidine rings is 1. The largest absolute Gasteiger partial charge is 0.333 e. The Morgan fingerprint density at radius 1 is 1.00 bits per heavy atom. The van der Waals surface area contributed by atoms with Gasteiger partial charge < -0.3 is 10.2 Å². The third-order valence-corrected chi connectivity index (χ3v) is 4.28. The lowest BCUT2D eigenvalue weighted by molar-refractivity contribution is -0.136. The first-order valence-corrected chi connectivity index (χ1v) is 8.42. The van der Waals surface area contributed by atoms with E-state index < -0.39 is 0 Å². The van der Waals surface area contributed by atoms with Crippen LogP contribution in [0.3, 0.4) is 0 Å². The molecular weight excluding hydrogens is 300 g/mol. The fourth-order valence-corrected chi connectivity index (χ4v) is 3.00. The molecule has 1 saturated heterocycles. The second-order valence-corrected chi connectivity index (χ2v) is 6.14. The Morgan fingerprint density at radius 3 is 2.54 bits per heavy atom. The van der Waals surface area contributed by atoms with E-state index in [9.17, 15) is 9.59 Å². The summed E-state index contributed by atoms with van der Waals surface area (Å²) in [5.41, 5.74) is 3.09. The van der Waals surface area contributed by atoms with E-state index in [1.54, 1.807) is 4.90 Å². The highest BCUT2D eigenvalue weighted by Crippen LogP contribution is 2.19. The maximum Gasteiger partial charge on any atom is 0.244 e. The van der Waals surface area contributed by atoms with Gasteiger partial charge in [0.05, 0.1) is 6.54 Å². The van der Waals surface area contributed by atoms with Crippen LogP contribution in [0.1, 0.15) is 30.4 Å². The van der Waals surface area contributed by atoms with E-state index in [0.29, 0.717) is 13.0 Å². The first kappa shape index (κ1) is 16.2. The summed E-state index contributed by atoms with van der Waals surface area (Å²) in [4.78, 5) is 25.8. The van der Waals surface area contributed by atoms with E-state index in [1.165, 1.54) is 5.56 Å². The Balaban J connectivity index is 1.66. The average Bonchev–Trinajstić information content (AvgIpc) is 2.60. The van der Waals surface area contributed by atoms with Crippen molar-refractivity contribution in [2.45, 2.75) is 25.7 Å². The Bertz CT molecular complexity index is 713. The molecule has 0 bridgehead atoms. The molecule has 0 radical (unpaired) electrons. The van der Waals surface area contributed by atoms with Gasteiger partial charge in [0.1, 0.15) is 0 Å². The first-order valence-electron chi connectivity index (χ1n) is 8.42. The van der Waals surface area contributed by atoms with E-state index in [-0.39, 0.29) is 18.4 Å². The standard InChI is InChI=1S/C20H22N2O2/c23-19(15-22-13-7-6-12-20(22)24)21-18-11-5-4-10-17(18)14-16-8-2-1-3-9-16/h1-5,8-11H,6-7,12-15H2,(H,21,23). The molecule has 1 aliphatic rings. The fraction of sp³-hybridized carbons (Fsp3) is 0.300. The number of benzene rings is 2. The predicted octanol–water partition coefficient (Wildman–Crippen LogP) is 3.23. The monoisotopic (exact) mass is 322 g/mol. The Hall–Kier alpha value is -2.62. The molecule has 1 N–H and O–H groups in total. The molecule has 0 unspecified atom stereocenters. The maximum absolute atomic E-state index is 12.3. The van der Waals surface area contributed by atoms with Gasteiger partial charge in [-0.1, -0.05) is 48.5 Å². The third kappa shape index (κ3) is 4.22. The molecule has 0 atom stereocenters. The molecule has 2 aromatic carbocycles. The van der Waals surface area contributed by atoms with Gasteiger partial charge in [-0.15, -0.1) is 0 Å². The smallest absolute Gasteiger partial charge is 0.244 e. The van der Waals surface area contributed by atoms with Crippen molar-refractivity contribution < 1.29 is 9.59 Å². The molecule has 4 heteroatoms. The second-order valence-electron chi connectivity index (χ2n) is 6.14. The summed E-state index contributed by atoms with van der Waals surface area (Å²) in [5.74, 6) is -0.0558. The molecule has 1 aliphatic heterocycles. The summed E-state index contributed by atoms with van der Waals surface area (Å²) in [5, 5.41) is 2.97. The highest BCUT2D eigenvalue weighted by molar-refractivity contribution is 5.95. The van der Waals surface area contributed by atoms with Gasteiger partial charge in [0.2, 0.25) is 11.8 Å². The van der Waals surface area contributed by atoms with Crippen LogP contribution >= 0.6 is 0 Å². The van der Waals surface area contributed by atoms with Crippen molar-refractivity contribution >= 4 is 17.5 Å². The van der Waals surface area contributed by atoms with Crippen LogP contribution in [0, 0.1) is 0 Å². The topological polar surface area (TPSA) is 49.4 Å². The lowest BCUT2D eigenvalue weighted by atomic mass is 10.0. The van der Waals surface area contributed by atoms with Gasteiger partial charge >= 0.3 is 0 Å². The normalized spacial score (nSPS) is 14.5. The zero-order valence-corrected chi connectivity index (χ0v) is 13.7. The highest BCUT2D eigenvalue weighted by atomic mass is 16.2. The van der Waals surface area contributed by atoms with Gasteiger partial charge in [-0.25, -0.2) is 0 Å². The number of likely N-dealkylation sites (tertiary alicyclic amines) is 1. The van der Waals surface area contributed by atoms with Crippen LogP contribution in [-0.4, -0.2) is 29.8 Å². The SMILES string of the molecule is O=C(CN1CCCCC1=O)Nc1ccccc1Cc1ccccc1. The Labute approximate surface area is 142 Å². The summed E-state index contributed by atoms with van der Waals surface area (Å²) in [6.45, 7) is 0.816. The number of anilines is 1. The highest BCUT2D eigenvalue weighted by Gasteiger charge is 2.20. The van der Waals surface area contributed by atoms with Gasteiger partial charge in [0.25, 0.3) is 0 Å². The fourth-order valence-electron chi connectivity index (χ4n) is 3.00.